The molecular formula is C27H29F3N6O. The van der Waals surface area contributed by atoms with E-state index < -0.39 is 11.6 Å². The number of aromatic nitrogens is 2. The Kier molecular flexibility index (Phi) is 6.36. The molecule has 3 heterocycles. The molecule has 0 bridgehead atoms. The molecule has 6 rings (SSSR count). The molecular weight excluding hydrogens is 481 g/mol. The van der Waals surface area contributed by atoms with Gasteiger partial charge >= 0.3 is 6.01 Å². The lowest BCUT2D eigenvalue weighted by Gasteiger charge is -2.35. The zero-order valence-electron chi connectivity index (χ0n) is 20.7. The first kappa shape index (κ1) is 24.0. The molecule has 1 saturated heterocycles. The molecule has 2 aromatic rings. The van der Waals surface area contributed by atoms with E-state index in [-0.39, 0.29) is 24.0 Å². The van der Waals surface area contributed by atoms with Crippen LogP contribution in [0.4, 0.5) is 24.8 Å². The van der Waals surface area contributed by atoms with Crippen LogP contribution < -0.4 is 15.0 Å². The molecule has 0 atom stereocenters. The third kappa shape index (κ3) is 5.07. The fourth-order valence-electron chi connectivity index (χ4n) is 5.09. The summed E-state index contributed by atoms with van der Waals surface area (Å²) in [6, 6.07) is 2.77. The average Bonchev–Trinajstić information content (AvgIpc) is 3.50. The minimum atomic E-state index is -0.631. The van der Waals surface area contributed by atoms with Crippen molar-refractivity contribution in [3.8, 4) is 11.8 Å². The number of allylic oxidation sites excluding steroid dienone is 1. The Hall–Kier alpha value is -3.40. The lowest BCUT2D eigenvalue weighted by atomic mass is 10.1. The van der Waals surface area contributed by atoms with E-state index in [9.17, 15) is 8.78 Å². The first-order valence-corrected chi connectivity index (χ1v) is 12.8. The highest BCUT2D eigenvalue weighted by Gasteiger charge is 2.28. The van der Waals surface area contributed by atoms with Gasteiger partial charge in [-0.1, -0.05) is 11.6 Å². The average molecular weight is 511 g/mol. The number of benzene rings is 1. The number of hydrogen-bond acceptors (Lipinski definition) is 7. The van der Waals surface area contributed by atoms with Gasteiger partial charge in [0.05, 0.1) is 6.54 Å². The van der Waals surface area contributed by atoms with Crippen LogP contribution in [0, 0.1) is 17.6 Å². The Morgan fingerprint density at radius 2 is 1.89 bits per heavy atom. The SMILES string of the molecule is CC1=Cc2c(F)c(Oc3nc(NC4=NCC(C5CC5)=C4)cc(N4CCN(CCF)CC4)n3)cc(F)c2C1. The number of ether oxygens (including phenoxy) is 1. The summed E-state index contributed by atoms with van der Waals surface area (Å²) in [5.41, 5.74) is 2.75. The van der Waals surface area contributed by atoms with Gasteiger partial charge in [0.15, 0.2) is 11.6 Å². The van der Waals surface area contributed by atoms with Gasteiger partial charge in [-0.25, -0.2) is 13.2 Å². The molecule has 0 radical (unpaired) electrons. The molecule has 1 aromatic carbocycles. The highest BCUT2D eigenvalue weighted by molar-refractivity contribution is 6.05. The van der Waals surface area contributed by atoms with Gasteiger partial charge < -0.3 is 15.0 Å². The maximum Gasteiger partial charge on any atom is 0.326 e. The Bertz CT molecular complexity index is 1310. The van der Waals surface area contributed by atoms with Crippen molar-refractivity contribution in [2.24, 2.45) is 10.9 Å². The molecule has 1 aromatic heterocycles. The van der Waals surface area contributed by atoms with E-state index in [2.05, 4.69) is 36.2 Å². The van der Waals surface area contributed by atoms with Crippen molar-refractivity contribution < 1.29 is 17.9 Å². The Morgan fingerprint density at radius 1 is 1.08 bits per heavy atom. The monoisotopic (exact) mass is 510 g/mol. The van der Waals surface area contributed by atoms with Crippen LogP contribution in [0.2, 0.25) is 0 Å². The number of anilines is 2. The van der Waals surface area contributed by atoms with Crippen LogP contribution in [0.15, 0.2) is 34.3 Å². The number of rotatable bonds is 7. The molecule has 2 aliphatic heterocycles. The predicted octanol–water partition coefficient (Wildman–Crippen LogP) is 4.76. The van der Waals surface area contributed by atoms with Crippen LogP contribution in [0.3, 0.4) is 0 Å². The summed E-state index contributed by atoms with van der Waals surface area (Å²) in [6.07, 6.45) is 6.49. The predicted molar refractivity (Wildman–Crippen MR) is 137 cm³/mol. The molecule has 1 saturated carbocycles. The second-order valence-electron chi connectivity index (χ2n) is 10.1. The van der Waals surface area contributed by atoms with Gasteiger partial charge in [-0.05, 0) is 43.8 Å². The normalized spacial score (nSPS) is 19.5. The largest absolute Gasteiger partial charge is 0.421 e. The number of alkyl halides is 1. The fourth-order valence-corrected chi connectivity index (χ4v) is 5.09. The number of nitrogens with zero attached hydrogens (tertiary/aromatic N) is 5. The minimum Gasteiger partial charge on any atom is -0.421 e. The fraction of sp³-hybridized carbons (Fsp3) is 0.444. The second kappa shape index (κ2) is 9.81. The van der Waals surface area contributed by atoms with E-state index in [1.54, 1.807) is 12.1 Å². The first-order chi connectivity index (χ1) is 18.0. The zero-order valence-corrected chi connectivity index (χ0v) is 20.7. The molecule has 10 heteroatoms. The summed E-state index contributed by atoms with van der Waals surface area (Å²) in [5, 5.41) is 3.24. The van der Waals surface area contributed by atoms with Crippen LogP contribution in [0.25, 0.3) is 6.08 Å². The molecule has 194 valence electrons. The second-order valence-corrected chi connectivity index (χ2v) is 10.1. The number of halogens is 3. The Balaban J connectivity index is 1.29. The molecule has 1 N–H and O–H groups in total. The molecule has 0 spiro atoms. The maximum atomic E-state index is 15.3. The van der Waals surface area contributed by atoms with Gasteiger partial charge in [-0.2, -0.15) is 9.97 Å². The van der Waals surface area contributed by atoms with E-state index in [4.69, 9.17) is 4.74 Å². The van der Waals surface area contributed by atoms with Crippen molar-refractivity contribution in [1.82, 2.24) is 14.9 Å². The van der Waals surface area contributed by atoms with Gasteiger partial charge in [-0.3, -0.25) is 9.89 Å². The Labute approximate surface area is 213 Å². The van der Waals surface area contributed by atoms with Gasteiger partial charge in [0, 0.05) is 56.0 Å². The summed E-state index contributed by atoms with van der Waals surface area (Å²) < 4.78 is 48.5. The molecule has 0 unspecified atom stereocenters. The van der Waals surface area contributed by atoms with Crippen molar-refractivity contribution in [2.45, 2.75) is 26.2 Å². The number of amidine groups is 1. The van der Waals surface area contributed by atoms with Crippen molar-refractivity contribution in [3.05, 3.63) is 52.1 Å². The summed E-state index contributed by atoms with van der Waals surface area (Å²) in [7, 11) is 0. The lowest BCUT2D eigenvalue weighted by Crippen LogP contribution is -2.47. The first-order valence-electron chi connectivity index (χ1n) is 12.8. The highest BCUT2D eigenvalue weighted by Crippen LogP contribution is 2.38. The quantitative estimate of drug-likeness (QED) is 0.580. The zero-order chi connectivity index (χ0) is 25.5. The highest BCUT2D eigenvalue weighted by atomic mass is 19.1. The molecule has 0 amide bonds. The van der Waals surface area contributed by atoms with E-state index >= 15 is 4.39 Å². The summed E-state index contributed by atoms with van der Waals surface area (Å²) >= 11 is 0. The van der Waals surface area contributed by atoms with Crippen molar-refractivity contribution in [3.63, 3.8) is 0 Å². The van der Waals surface area contributed by atoms with E-state index in [1.807, 2.05) is 6.92 Å². The maximum absolute atomic E-state index is 15.3. The summed E-state index contributed by atoms with van der Waals surface area (Å²) in [5.74, 6) is 0.975. The molecule has 2 aliphatic carbocycles. The van der Waals surface area contributed by atoms with Gasteiger partial charge in [0.2, 0.25) is 0 Å². The topological polar surface area (TPSA) is 65.9 Å². The minimum absolute atomic E-state index is 0.0897. The van der Waals surface area contributed by atoms with E-state index in [0.717, 1.165) is 11.6 Å². The number of aliphatic imine (C=N–C) groups is 1. The molecule has 37 heavy (non-hydrogen) atoms. The molecule has 7 nitrogen and oxygen atoms in total. The van der Waals surface area contributed by atoms with Crippen LogP contribution >= 0.6 is 0 Å². The van der Waals surface area contributed by atoms with Crippen LogP contribution in [0.1, 0.15) is 30.9 Å². The van der Waals surface area contributed by atoms with Gasteiger partial charge in [-0.15, -0.1) is 0 Å². The third-order valence-corrected chi connectivity index (χ3v) is 7.27. The number of piperazine rings is 1. The molecule has 4 aliphatic rings. The van der Waals surface area contributed by atoms with Crippen molar-refractivity contribution in [2.75, 3.05) is 56.2 Å². The number of nitrogens with one attached hydrogen (secondary N) is 1. The standard InChI is InChI=1S/C27H29F3N6O/c1-16-10-19-20(11-16)26(30)22(13-21(19)29)37-27-33-24(32-23-12-18(15-31-23)17-2-3-17)14-25(34-27)36-8-6-35(5-4-28)7-9-36/h11-14,17H,2-10,15H2,1H3,(H,31,32,33,34). The lowest BCUT2D eigenvalue weighted by molar-refractivity contribution is 0.235. The van der Waals surface area contributed by atoms with Gasteiger partial charge in [0.1, 0.15) is 30.0 Å². The van der Waals surface area contributed by atoms with Crippen LogP contribution in [0.5, 0.6) is 11.8 Å². The summed E-state index contributed by atoms with van der Waals surface area (Å²) in [4.78, 5) is 17.7. The molecule has 2 fully saturated rings. The van der Waals surface area contributed by atoms with E-state index in [1.165, 1.54) is 18.4 Å². The van der Waals surface area contributed by atoms with Crippen molar-refractivity contribution >= 4 is 23.5 Å². The smallest absolute Gasteiger partial charge is 0.326 e. The summed E-state index contributed by atoms with van der Waals surface area (Å²) in [6.45, 7) is 5.24. The van der Waals surface area contributed by atoms with Crippen LogP contribution in [-0.2, 0) is 6.42 Å². The number of hydrogen-bond donors (Lipinski definition) is 1. The number of fused-ring (bicyclic) bond motifs is 1. The van der Waals surface area contributed by atoms with Crippen molar-refractivity contribution in [1.29, 1.82) is 0 Å². The Morgan fingerprint density at radius 3 is 2.65 bits per heavy atom. The van der Waals surface area contributed by atoms with Crippen LogP contribution in [-0.4, -0.2) is 66.6 Å². The van der Waals surface area contributed by atoms with E-state index in [0.29, 0.717) is 74.6 Å². The van der Waals surface area contributed by atoms with Gasteiger partial charge in [0.25, 0.3) is 0 Å². The third-order valence-electron chi connectivity index (χ3n) is 7.27.